The highest BCUT2D eigenvalue weighted by Gasteiger charge is 2.20. The number of aliphatic carboxylic acids is 1. The molecule has 0 unspecified atom stereocenters. The van der Waals surface area contributed by atoms with Crippen LogP contribution in [0.4, 0.5) is 10.3 Å². The fraction of sp³-hybridized carbons (Fsp3) is 0.261. The Bertz CT molecular complexity index is 1380. The minimum atomic E-state index is -0.858. The molecule has 0 atom stereocenters. The molecular formula is C23H22ClFN6O3. The van der Waals surface area contributed by atoms with Crippen molar-refractivity contribution in [1.29, 1.82) is 0 Å². The molecule has 0 fully saturated rings. The van der Waals surface area contributed by atoms with E-state index in [9.17, 15) is 9.18 Å². The molecule has 1 aliphatic rings. The van der Waals surface area contributed by atoms with Crippen LogP contribution in [0.25, 0.3) is 16.8 Å². The average Bonchev–Trinajstić information content (AvgIpc) is 3.47. The zero-order valence-electron chi connectivity index (χ0n) is 18.3. The number of ether oxygens (including phenoxy) is 1. The molecule has 9 nitrogen and oxygen atoms in total. The summed E-state index contributed by atoms with van der Waals surface area (Å²) in [5.74, 6) is 0.0657. The van der Waals surface area contributed by atoms with Crippen molar-refractivity contribution in [1.82, 2.24) is 24.6 Å². The fourth-order valence-electron chi connectivity index (χ4n) is 4.09. The van der Waals surface area contributed by atoms with E-state index in [-0.39, 0.29) is 31.2 Å². The standard InChI is InChI=1S/C23H21FN6O3.ClH/c1-13-15(4-2-14(28-13)3-7-21(31)32)18-11-26-23(30-12-27-29-22(18)30)25-10-17-16-8-9-33-20(16)6-5-19(17)24;/h2,4-6,11-12H,3,7-10H2,1H3,(H,25,26)(H,31,32);1H. The van der Waals surface area contributed by atoms with Crippen LogP contribution in [0.1, 0.15) is 28.9 Å². The Morgan fingerprint density at radius 3 is 2.91 bits per heavy atom. The first kappa shape index (κ1) is 23.4. The Morgan fingerprint density at radius 2 is 2.12 bits per heavy atom. The van der Waals surface area contributed by atoms with Crippen LogP contribution < -0.4 is 10.1 Å². The first-order valence-corrected chi connectivity index (χ1v) is 10.6. The van der Waals surface area contributed by atoms with E-state index in [2.05, 4.69) is 25.5 Å². The van der Waals surface area contributed by atoms with Crippen molar-refractivity contribution in [2.75, 3.05) is 11.9 Å². The van der Waals surface area contributed by atoms with E-state index in [1.807, 2.05) is 19.1 Å². The number of benzene rings is 1. The topological polar surface area (TPSA) is 115 Å². The first-order chi connectivity index (χ1) is 16.0. The maximum Gasteiger partial charge on any atom is 0.303 e. The van der Waals surface area contributed by atoms with Gasteiger partial charge in [-0.15, -0.1) is 22.6 Å². The van der Waals surface area contributed by atoms with Crippen molar-refractivity contribution >= 4 is 30.0 Å². The molecule has 3 aromatic heterocycles. The third-order valence-electron chi connectivity index (χ3n) is 5.73. The van der Waals surface area contributed by atoms with Gasteiger partial charge in [-0.25, -0.2) is 9.37 Å². The zero-order chi connectivity index (χ0) is 22.9. The van der Waals surface area contributed by atoms with Gasteiger partial charge < -0.3 is 15.2 Å². The van der Waals surface area contributed by atoms with Crippen molar-refractivity contribution < 1.29 is 19.0 Å². The van der Waals surface area contributed by atoms with Crippen molar-refractivity contribution in [2.24, 2.45) is 0 Å². The molecule has 0 spiro atoms. The van der Waals surface area contributed by atoms with Gasteiger partial charge in [0.2, 0.25) is 5.95 Å². The van der Waals surface area contributed by atoms with Crippen LogP contribution in [0.5, 0.6) is 5.75 Å². The summed E-state index contributed by atoms with van der Waals surface area (Å²) in [6.07, 6.45) is 4.30. The lowest BCUT2D eigenvalue weighted by Crippen LogP contribution is -2.10. The van der Waals surface area contributed by atoms with Crippen molar-refractivity contribution in [3.8, 4) is 16.9 Å². The van der Waals surface area contributed by atoms with Gasteiger partial charge in [-0.1, -0.05) is 6.07 Å². The monoisotopic (exact) mass is 484 g/mol. The molecule has 1 aliphatic heterocycles. The summed E-state index contributed by atoms with van der Waals surface area (Å²) in [6, 6.07) is 6.78. The fourth-order valence-corrected chi connectivity index (χ4v) is 4.09. The van der Waals surface area contributed by atoms with Gasteiger partial charge in [-0.05, 0) is 25.1 Å². The second-order valence-electron chi connectivity index (χ2n) is 7.80. The zero-order valence-corrected chi connectivity index (χ0v) is 19.1. The lowest BCUT2D eigenvalue weighted by atomic mass is 10.0. The summed E-state index contributed by atoms with van der Waals surface area (Å²) in [4.78, 5) is 19.9. The molecule has 0 saturated carbocycles. The molecule has 11 heteroatoms. The van der Waals surface area contributed by atoms with Crippen LogP contribution in [0, 0.1) is 12.7 Å². The molecule has 5 rings (SSSR count). The number of halogens is 2. The Labute approximate surface area is 200 Å². The van der Waals surface area contributed by atoms with Crippen molar-refractivity contribution in [3.05, 3.63) is 65.1 Å². The SMILES string of the molecule is Cc1nc(CCC(=O)O)ccc1-c1cnc(NCc2c(F)ccc3c2CCO3)n2cnnc12.Cl. The number of aryl methyl sites for hydroxylation is 2. The number of carboxylic acid groups (broad SMARTS) is 1. The lowest BCUT2D eigenvalue weighted by Gasteiger charge is -2.13. The summed E-state index contributed by atoms with van der Waals surface area (Å²) in [7, 11) is 0. The predicted octanol–water partition coefficient (Wildman–Crippen LogP) is 3.62. The van der Waals surface area contributed by atoms with Gasteiger partial charge >= 0.3 is 5.97 Å². The molecule has 4 aromatic rings. The van der Waals surface area contributed by atoms with Gasteiger partial charge in [-0.3, -0.25) is 14.2 Å². The van der Waals surface area contributed by atoms with Gasteiger partial charge in [0.1, 0.15) is 17.9 Å². The molecule has 0 saturated heterocycles. The second kappa shape index (κ2) is 9.60. The van der Waals surface area contributed by atoms with E-state index in [4.69, 9.17) is 9.84 Å². The van der Waals surface area contributed by atoms with Gasteiger partial charge in [-0.2, -0.15) is 0 Å². The molecular weight excluding hydrogens is 463 g/mol. The Kier molecular flexibility index (Phi) is 6.60. The molecule has 0 amide bonds. The number of hydrogen-bond donors (Lipinski definition) is 2. The number of fused-ring (bicyclic) bond motifs is 2. The number of pyridine rings is 1. The Balaban J connectivity index is 0.00000274. The van der Waals surface area contributed by atoms with E-state index in [0.717, 1.165) is 28.1 Å². The highest BCUT2D eigenvalue weighted by atomic mass is 35.5. The van der Waals surface area contributed by atoms with Gasteiger partial charge in [0, 0.05) is 59.2 Å². The number of carboxylic acids is 1. The number of nitrogens with zero attached hydrogens (tertiary/aromatic N) is 5. The number of nitrogens with one attached hydrogen (secondary N) is 1. The van der Waals surface area contributed by atoms with Crippen molar-refractivity contribution in [2.45, 2.75) is 32.7 Å². The Morgan fingerprint density at radius 1 is 1.26 bits per heavy atom. The largest absolute Gasteiger partial charge is 0.493 e. The van der Waals surface area contributed by atoms with Crippen LogP contribution in [0.3, 0.4) is 0 Å². The minimum absolute atomic E-state index is 0. The number of carbonyl (C=O) groups is 1. The number of rotatable bonds is 7. The number of anilines is 1. The van der Waals surface area contributed by atoms with Gasteiger partial charge in [0.25, 0.3) is 0 Å². The summed E-state index contributed by atoms with van der Waals surface area (Å²) in [5, 5.41) is 20.4. The molecule has 0 bridgehead atoms. The van der Waals surface area contributed by atoms with Crippen LogP contribution >= 0.6 is 12.4 Å². The van der Waals surface area contributed by atoms with Crippen LogP contribution in [-0.2, 0) is 24.2 Å². The van der Waals surface area contributed by atoms with Crippen LogP contribution in [-0.4, -0.2) is 42.2 Å². The highest BCUT2D eigenvalue weighted by Crippen LogP contribution is 2.31. The number of hydrogen-bond acceptors (Lipinski definition) is 7. The smallest absolute Gasteiger partial charge is 0.303 e. The average molecular weight is 485 g/mol. The van der Waals surface area contributed by atoms with Gasteiger partial charge in [0.15, 0.2) is 5.65 Å². The summed E-state index contributed by atoms with van der Waals surface area (Å²) in [5.41, 5.74) is 5.05. The van der Waals surface area contributed by atoms with E-state index >= 15 is 0 Å². The van der Waals surface area contributed by atoms with Crippen molar-refractivity contribution in [3.63, 3.8) is 0 Å². The lowest BCUT2D eigenvalue weighted by molar-refractivity contribution is -0.136. The molecule has 34 heavy (non-hydrogen) atoms. The third kappa shape index (κ3) is 4.36. The molecule has 0 radical (unpaired) electrons. The maximum atomic E-state index is 14.5. The normalized spacial score (nSPS) is 12.2. The predicted molar refractivity (Wildman–Crippen MR) is 125 cm³/mol. The molecule has 2 N–H and O–H groups in total. The summed E-state index contributed by atoms with van der Waals surface area (Å²) in [6.45, 7) is 2.66. The quantitative estimate of drug-likeness (QED) is 0.409. The van der Waals surface area contributed by atoms with E-state index < -0.39 is 5.97 Å². The molecule has 0 aliphatic carbocycles. The number of aromatic nitrogens is 5. The Hall–Kier alpha value is -3.79. The summed E-state index contributed by atoms with van der Waals surface area (Å²) >= 11 is 0. The van der Waals surface area contributed by atoms with Crippen LogP contribution in [0.2, 0.25) is 0 Å². The molecule has 4 heterocycles. The minimum Gasteiger partial charge on any atom is -0.493 e. The second-order valence-corrected chi connectivity index (χ2v) is 7.80. The van der Waals surface area contributed by atoms with Gasteiger partial charge in [0.05, 0.1) is 13.0 Å². The van der Waals surface area contributed by atoms with Crippen LogP contribution in [0.15, 0.2) is 36.8 Å². The highest BCUT2D eigenvalue weighted by molar-refractivity contribution is 5.85. The van der Waals surface area contributed by atoms with E-state index in [1.165, 1.54) is 6.07 Å². The molecule has 176 valence electrons. The first-order valence-electron chi connectivity index (χ1n) is 10.6. The third-order valence-corrected chi connectivity index (χ3v) is 5.73. The maximum absolute atomic E-state index is 14.5. The molecule has 1 aromatic carbocycles. The summed E-state index contributed by atoms with van der Waals surface area (Å²) < 4.78 is 21.7. The van der Waals surface area contributed by atoms with E-state index in [0.29, 0.717) is 42.3 Å². The van der Waals surface area contributed by atoms with E-state index in [1.54, 1.807) is 23.0 Å².